The molecule has 0 N–H and O–H groups in total. The van der Waals surface area contributed by atoms with Gasteiger partial charge in [-0.3, -0.25) is 14.4 Å². The van der Waals surface area contributed by atoms with Crippen LogP contribution in [0, 0.1) is 5.82 Å². The van der Waals surface area contributed by atoms with E-state index in [-0.39, 0.29) is 17.6 Å². The Morgan fingerprint density at radius 1 is 1.09 bits per heavy atom. The normalized spacial score (nSPS) is 14.7. The summed E-state index contributed by atoms with van der Waals surface area (Å²) in [5, 5.41) is 4.52. The maximum atomic E-state index is 15.2. The van der Waals surface area contributed by atoms with Crippen molar-refractivity contribution in [1.82, 2.24) is 19.2 Å². The number of hydrogen-bond donors (Lipinski definition) is 0. The van der Waals surface area contributed by atoms with Crippen LogP contribution in [0.3, 0.4) is 0 Å². The van der Waals surface area contributed by atoms with Gasteiger partial charge in [0.05, 0.1) is 24.0 Å². The van der Waals surface area contributed by atoms with Gasteiger partial charge in [0, 0.05) is 69.2 Å². The van der Waals surface area contributed by atoms with E-state index in [1.165, 1.54) is 17.8 Å². The maximum Gasteiger partial charge on any atom is 0.343 e. The molecule has 0 radical (unpaired) electrons. The van der Waals surface area contributed by atoms with Gasteiger partial charge in [-0.05, 0) is 32.9 Å². The fraction of sp³-hybridized carbons (Fsp3) is 0.458. The minimum absolute atomic E-state index is 0.0710. The number of anilines is 1. The summed E-state index contributed by atoms with van der Waals surface area (Å²) in [6, 6.07) is 2.98. The first kappa shape index (κ1) is 23.0. The average molecular weight is 456 g/mol. The van der Waals surface area contributed by atoms with Crippen LogP contribution < -0.4 is 10.3 Å². The van der Waals surface area contributed by atoms with Crippen molar-refractivity contribution < 1.29 is 13.9 Å². The van der Waals surface area contributed by atoms with E-state index in [0.29, 0.717) is 30.8 Å². The molecular formula is C24H30FN5O3. The molecule has 0 bridgehead atoms. The van der Waals surface area contributed by atoms with Crippen molar-refractivity contribution in [3.05, 3.63) is 57.9 Å². The van der Waals surface area contributed by atoms with E-state index in [1.807, 2.05) is 22.7 Å². The predicted octanol–water partition coefficient (Wildman–Crippen LogP) is 2.88. The Bertz CT molecular complexity index is 1210. The maximum absolute atomic E-state index is 15.2. The lowest BCUT2D eigenvalue weighted by atomic mass is 10.1. The molecule has 8 nitrogen and oxygen atoms in total. The van der Waals surface area contributed by atoms with E-state index in [1.54, 1.807) is 17.6 Å². The molecule has 1 aromatic carbocycles. The molecule has 33 heavy (non-hydrogen) atoms. The lowest BCUT2D eigenvalue weighted by Gasteiger charge is -2.36. The van der Waals surface area contributed by atoms with Crippen LogP contribution in [-0.2, 0) is 24.4 Å². The monoisotopic (exact) mass is 455 g/mol. The fourth-order valence-electron chi connectivity index (χ4n) is 4.32. The summed E-state index contributed by atoms with van der Waals surface area (Å²) in [5.41, 5.74) is 1.69. The first-order valence-electron chi connectivity index (χ1n) is 11.5. The summed E-state index contributed by atoms with van der Waals surface area (Å²) in [7, 11) is 0. The smallest absolute Gasteiger partial charge is 0.343 e. The number of rotatable bonds is 7. The molecule has 0 amide bonds. The summed E-state index contributed by atoms with van der Waals surface area (Å²) in [6.45, 7) is 11.0. The number of piperazine rings is 1. The number of hydrogen-bond acceptors (Lipinski definition) is 6. The van der Waals surface area contributed by atoms with E-state index in [0.717, 1.165) is 26.2 Å². The number of esters is 1. The zero-order valence-corrected chi connectivity index (χ0v) is 19.4. The first-order valence-corrected chi connectivity index (χ1v) is 11.5. The number of halogens is 1. The molecule has 1 fully saturated rings. The van der Waals surface area contributed by atoms with Crippen molar-refractivity contribution in [2.45, 2.75) is 40.4 Å². The number of benzene rings is 1. The Labute approximate surface area is 192 Å². The molecule has 3 heterocycles. The van der Waals surface area contributed by atoms with Crippen molar-refractivity contribution in [2.24, 2.45) is 0 Å². The van der Waals surface area contributed by atoms with Gasteiger partial charge in [-0.1, -0.05) is 0 Å². The van der Waals surface area contributed by atoms with Gasteiger partial charge in [-0.2, -0.15) is 5.10 Å². The van der Waals surface area contributed by atoms with Crippen molar-refractivity contribution in [2.75, 3.05) is 37.7 Å². The Balaban J connectivity index is 1.57. The Hall–Kier alpha value is -3.20. The van der Waals surface area contributed by atoms with Crippen LogP contribution in [0.25, 0.3) is 10.9 Å². The van der Waals surface area contributed by atoms with E-state index < -0.39 is 17.2 Å². The number of aromatic nitrogens is 3. The molecule has 3 aromatic rings. The summed E-state index contributed by atoms with van der Waals surface area (Å²) in [4.78, 5) is 29.4. The second kappa shape index (κ2) is 9.74. The molecule has 1 saturated heterocycles. The third-order valence-corrected chi connectivity index (χ3v) is 6.11. The molecule has 0 atom stereocenters. The molecule has 2 aromatic heterocycles. The molecule has 1 aliphatic rings. The number of aryl methyl sites for hydroxylation is 2. The molecule has 0 aliphatic carbocycles. The SMILES string of the molecule is CCOC(=O)c1cn(CC)c2cc(N3CCN(Cc4cnn(CC)c4)CC3)c(F)cc2c1=O. The van der Waals surface area contributed by atoms with Gasteiger partial charge in [0.25, 0.3) is 0 Å². The second-order valence-corrected chi connectivity index (χ2v) is 8.17. The summed E-state index contributed by atoms with van der Waals surface area (Å²) >= 11 is 0. The highest BCUT2D eigenvalue weighted by Gasteiger charge is 2.23. The quantitative estimate of drug-likeness (QED) is 0.510. The molecule has 0 unspecified atom stereocenters. The van der Waals surface area contributed by atoms with Crippen LogP contribution in [0.5, 0.6) is 0 Å². The molecule has 9 heteroatoms. The topological polar surface area (TPSA) is 72.6 Å². The lowest BCUT2D eigenvalue weighted by molar-refractivity contribution is 0.0524. The van der Waals surface area contributed by atoms with Crippen molar-refractivity contribution >= 4 is 22.6 Å². The van der Waals surface area contributed by atoms with Gasteiger partial charge in [0.1, 0.15) is 11.4 Å². The standard InChI is InChI=1S/C24H30FN5O3/c1-4-28-16-19(24(32)33-6-3)23(31)18-11-20(25)22(12-21(18)28)29-9-7-27(8-10-29)14-17-13-26-30(5-2)15-17/h11-13,15-16H,4-10,14H2,1-3H3. The minimum Gasteiger partial charge on any atom is -0.462 e. The molecule has 4 rings (SSSR count). The molecular weight excluding hydrogens is 425 g/mol. The van der Waals surface area contributed by atoms with Crippen LogP contribution in [0.15, 0.2) is 35.5 Å². The molecule has 0 saturated carbocycles. The van der Waals surface area contributed by atoms with Crippen molar-refractivity contribution in [1.29, 1.82) is 0 Å². The van der Waals surface area contributed by atoms with E-state index in [9.17, 15) is 9.59 Å². The van der Waals surface area contributed by atoms with Crippen LogP contribution in [0.2, 0.25) is 0 Å². The van der Waals surface area contributed by atoms with E-state index in [4.69, 9.17) is 4.74 Å². The van der Waals surface area contributed by atoms with Crippen LogP contribution in [0.4, 0.5) is 10.1 Å². The first-order chi connectivity index (χ1) is 15.9. The Morgan fingerprint density at radius 3 is 2.48 bits per heavy atom. The zero-order valence-electron chi connectivity index (χ0n) is 19.4. The highest BCUT2D eigenvalue weighted by Crippen LogP contribution is 2.26. The summed E-state index contributed by atoms with van der Waals surface area (Å²) < 4.78 is 23.9. The third kappa shape index (κ3) is 4.64. The van der Waals surface area contributed by atoms with E-state index in [2.05, 4.69) is 23.1 Å². The molecule has 176 valence electrons. The second-order valence-electron chi connectivity index (χ2n) is 8.17. The fourth-order valence-corrected chi connectivity index (χ4v) is 4.32. The van der Waals surface area contributed by atoms with E-state index >= 15 is 4.39 Å². The number of nitrogens with zero attached hydrogens (tertiary/aromatic N) is 5. The minimum atomic E-state index is -0.684. The summed E-state index contributed by atoms with van der Waals surface area (Å²) in [6.07, 6.45) is 5.47. The average Bonchev–Trinajstić information content (AvgIpc) is 3.27. The van der Waals surface area contributed by atoms with Gasteiger partial charge in [-0.25, -0.2) is 9.18 Å². The number of fused-ring (bicyclic) bond motifs is 1. The van der Waals surface area contributed by atoms with Crippen LogP contribution in [0.1, 0.15) is 36.7 Å². The predicted molar refractivity (Wildman–Crippen MR) is 125 cm³/mol. The number of carbonyl (C=O) groups excluding carboxylic acids is 1. The Morgan fingerprint density at radius 2 is 1.85 bits per heavy atom. The van der Waals surface area contributed by atoms with Crippen molar-refractivity contribution in [3.63, 3.8) is 0 Å². The highest BCUT2D eigenvalue weighted by atomic mass is 19.1. The lowest BCUT2D eigenvalue weighted by Crippen LogP contribution is -2.46. The largest absolute Gasteiger partial charge is 0.462 e. The van der Waals surface area contributed by atoms with Crippen molar-refractivity contribution in [3.8, 4) is 0 Å². The highest BCUT2D eigenvalue weighted by molar-refractivity contribution is 5.94. The molecule has 1 aliphatic heterocycles. The van der Waals surface area contributed by atoms with Gasteiger partial charge >= 0.3 is 5.97 Å². The zero-order chi connectivity index (χ0) is 23.5. The molecule has 0 spiro atoms. The summed E-state index contributed by atoms with van der Waals surface area (Å²) in [5.74, 6) is -1.14. The van der Waals surface area contributed by atoms with Gasteiger partial charge in [-0.15, -0.1) is 0 Å². The number of carbonyl (C=O) groups is 1. The Kier molecular flexibility index (Phi) is 6.78. The van der Waals surface area contributed by atoms with Crippen LogP contribution >= 0.6 is 0 Å². The van der Waals surface area contributed by atoms with Gasteiger partial charge in [0.15, 0.2) is 0 Å². The van der Waals surface area contributed by atoms with Crippen LogP contribution in [-0.4, -0.2) is 58.0 Å². The third-order valence-electron chi connectivity index (χ3n) is 6.11. The number of pyridine rings is 1. The van der Waals surface area contributed by atoms with Gasteiger partial charge < -0.3 is 14.2 Å². The number of ether oxygens (including phenoxy) is 1. The van der Waals surface area contributed by atoms with Gasteiger partial charge in [0.2, 0.25) is 5.43 Å².